The number of anilines is 1. The molecule has 2 heterocycles. The smallest absolute Gasteiger partial charge is 0.268 e. The standard InChI is InChI=1S/C20H26N2OS3/c1-3-5-6-7-8-11-14-22-15-12-9-10-13-16(15)25-19(22)17-18(23)21(4-2)20(24)26-17/h9-10,12-13H,3-8,11,14H2,1-2H3/b19-17+. The van der Waals surface area contributed by atoms with Gasteiger partial charge < -0.3 is 4.90 Å². The summed E-state index contributed by atoms with van der Waals surface area (Å²) in [5.41, 5.74) is 1.22. The number of thiocarbonyl (C=S) groups is 1. The average Bonchev–Trinajstić information content (AvgIpc) is 3.14. The lowest BCUT2D eigenvalue weighted by atomic mass is 10.1. The third kappa shape index (κ3) is 4.12. The number of hydrogen-bond donors (Lipinski definition) is 0. The van der Waals surface area contributed by atoms with Crippen molar-refractivity contribution in [3.8, 4) is 0 Å². The van der Waals surface area contributed by atoms with Gasteiger partial charge in [-0.1, -0.05) is 86.9 Å². The van der Waals surface area contributed by atoms with Gasteiger partial charge in [-0.05, 0) is 25.5 Å². The molecule has 0 spiro atoms. The van der Waals surface area contributed by atoms with E-state index in [9.17, 15) is 4.79 Å². The zero-order valence-corrected chi connectivity index (χ0v) is 17.9. The molecule has 1 amide bonds. The first-order chi connectivity index (χ1) is 12.7. The van der Waals surface area contributed by atoms with Gasteiger partial charge in [-0.25, -0.2) is 0 Å². The number of likely N-dealkylation sites (N-methyl/N-ethyl adjacent to an activating group) is 1. The Morgan fingerprint density at radius 3 is 2.42 bits per heavy atom. The molecule has 3 rings (SSSR count). The second-order valence-corrected chi connectivity index (χ2v) is 9.22. The molecule has 1 saturated heterocycles. The van der Waals surface area contributed by atoms with Crippen molar-refractivity contribution < 1.29 is 4.79 Å². The normalized spacial score (nSPS) is 19.6. The molecule has 0 saturated carbocycles. The van der Waals surface area contributed by atoms with Crippen LogP contribution in [0, 0.1) is 0 Å². The largest absolute Gasteiger partial charge is 0.334 e. The second kappa shape index (κ2) is 9.29. The SMILES string of the molecule is CCCCCCCCN1/C(=C2\SC(=S)N(CC)C2=O)Sc2ccccc21. The zero-order valence-electron chi connectivity index (χ0n) is 15.5. The van der Waals surface area contributed by atoms with Crippen molar-refractivity contribution in [1.82, 2.24) is 4.90 Å². The Morgan fingerprint density at radius 1 is 0.962 bits per heavy atom. The number of carbonyl (C=O) groups excluding carboxylic acids is 1. The molecule has 2 aliphatic rings. The van der Waals surface area contributed by atoms with Gasteiger partial charge in [-0.15, -0.1) is 0 Å². The lowest BCUT2D eigenvalue weighted by molar-refractivity contribution is -0.122. The zero-order chi connectivity index (χ0) is 18.5. The van der Waals surface area contributed by atoms with Crippen molar-refractivity contribution in [1.29, 1.82) is 0 Å². The fourth-order valence-electron chi connectivity index (χ4n) is 3.28. The van der Waals surface area contributed by atoms with E-state index in [2.05, 4.69) is 36.1 Å². The molecule has 0 unspecified atom stereocenters. The van der Waals surface area contributed by atoms with Gasteiger partial charge in [-0.3, -0.25) is 9.69 Å². The number of carbonyl (C=O) groups is 1. The van der Waals surface area contributed by atoms with E-state index in [0.717, 1.165) is 22.9 Å². The molecule has 1 aromatic rings. The lowest BCUT2D eigenvalue weighted by Gasteiger charge is -2.21. The van der Waals surface area contributed by atoms with Gasteiger partial charge in [0.2, 0.25) is 0 Å². The maximum absolute atomic E-state index is 12.8. The first kappa shape index (κ1) is 19.8. The van der Waals surface area contributed by atoms with Crippen molar-refractivity contribution in [2.75, 3.05) is 18.0 Å². The highest BCUT2D eigenvalue weighted by Crippen LogP contribution is 2.50. The highest BCUT2D eigenvalue weighted by atomic mass is 32.2. The van der Waals surface area contributed by atoms with Gasteiger partial charge in [-0.2, -0.15) is 0 Å². The Balaban J connectivity index is 1.78. The molecule has 6 heteroatoms. The van der Waals surface area contributed by atoms with Gasteiger partial charge in [0.1, 0.15) is 14.3 Å². The second-order valence-electron chi connectivity index (χ2n) is 6.54. The average molecular weight is 407 g/mol. The first-order valence-corrected chi connectivity index (χ1v) is 11.5. The van der Waals surface area contributed by atoms with E-state index in [1.165, 1.54) is 54.4 Å². The molecule has 0 bridgehead atoms. The minimum atomic E-state index is 0.0609. The van der Waals surface area contributed by atoms with Crippen molar-refractivity contribution in [2.24, 2.45) is 0 Å². The van der Waals surface area contributed by atoms with Crippen molar-refractivity contribution in [2.45, 2.75) is 57.3 Å². The predicted molar refractivity (Wildman–Crippen MR) is 118 cm³/mol. The number of nitrogens with zero attached hydrogens (tertiary/aromatic N) is 2. The van der Waals surface area contributed by atoms with Crippen LogP contribution in [0.15, 0.2) is 39.1 Å². The van der Waals surface area contributed by atoms with E-state index in [4.69, 9.17) is 12.2 Å². The molecule has 26 heavy (non-hydrogen) atoms. The molecule has 0 atom stereocenters. The predicted octanol–water partition coefficient (Wildman–Crippen LogP) is 6.01. The summed E-state index contributed by atoms with van der Waals surface area (Å²) in [6.45, 7) is 5.82. The van der Waals surface area contributed by atoms with Gasteiger partial charge in [0.05, 0.1) is 5.69 Å². The summed E-state index contributed by atoms with van der Waals surface area (Å²) in [7, 11) is 0. The van der Waals surface area contributed by atoms with Crippen LogP contribution in [-0.4, -0.2) is 28.2 Å². The minimum Gasteiger partial charge on any atom is -0.334 e. The molecule has 0 N–H and O–H groups in total. The highest BCUT2D eigenvalue weighted by Gasteiger charge is 2.38. The van der Waals surface area contributed by atoms with E-state index >= 15 is 0 Å². The number of fused-ring (bicyclic) bond motifs is 1. The summed E-state index contributed by atoms with van der Waals surface area (Å²) < 4.78 is 0.677. The minimum absolute atomic E-state index is 0.0609. The van der Waals surface area contributed by atoms with Gasteiger partial charge in [0.15, 0.2) is 0 Å². The number of unbranched alkanes of at least 4 members (excludes halogenated alkanes) is 5. The first-order valence-electron chi connectivity index (χ1n) is 9.49. The number of thioether (sulfide) groups is 2. The molecule has 1 fully saturated rings. The Kier molecular flexibility index (Phi) is 7.06. The summed E-state index contributed by atoms with van der Waals surface area (Å²) >= 11 is 8.57. The van der Waals surface area contributed by atoms with Crippen molar-refractivity contribution in [3.63, 3.8) is 0 Å². The molecule has 2 aliphatic heterocycles. The Labute approximate surface area is 170 Å². The van der Waals surface area contributed by atoms with Crippen LogP contribution in [0.4, 0.5) is 5.69 Å². The molecule has 1 aromatic carbocycles. The Hall–Kier alpha value is -0.980. The van der Waals surface area contributed by atoms with E-state index in [1.807, 2.05) is 6.92 Å². The molecule has 0 aromatic heterocycles. The third-order valence-electron chi connectivity index (χ3n) is 4.70. The fourth-order valence-corrected chi connectivity index (χ4v) is 6.00. The van der Waals surface area contributed by atoms with Gasteiger partial charge >= 0.3 is 0 Å². The summed E-state index contributed by atoms with van der Waals surface area (Å²) in [5, 5.41) is 1.06. The number of para-hydroxylation sites is 1. The van der Waals surface area contributed by atoms with Gasteiger partial charge in [0.25, 0.3) is 5.91 Å². The molecule has 0 radical (unpaired) electrons. The summed E-state index contributed by atoms with van der Waals surface area (Å²) in [4.78, 5) is 18.9. The van der Waals surface area contributed by atoms with Crippen LogP contribution < -0.4 is 4.90 Å². The number of amides is 1. The number of hydrogen-bond acceptors (Lipinski definition) is 5. The van der Waals surface area contributed by atoms with Crippen LogP contribution in [0.2, 0.25) is 0 Å². The lowest BCUT2D eigenvalue weighted by Crippen LogP contribution is -2.28. The van der Waals surface area contributed by atoms with E-state index in [1.54, 1.807) is 16.7 Å². The topological polar surface area (TPSA) is 23.6 Å². The summed E-state index contributed by atoms with van der Waals surface area (Å²) in [5.74, 6) is 0.0609. The Morgan fingerprint density at radius 2 is 1.69 bits per heavy atom. The van der Waals surface area contributed by atoms with Gasteiger partial charge in [0, 0.05) is 18.0 Å². The monoisotopic (exact) mass is 406 g/mol. The Bertz CT molecular complexity index is 717. The third-order valence-corrected chi connectivity index (χ3v) is 7.45. The fraction of sp³-hybridized carbons (Fsp3) is 0.500. The molecule has 3 nitrogen and oxygen atoms in total. The van der Waals surface area contributed by atoms with Crippen molar-refractivity contribution >= 4 is 51.7 Å². The van der Waals surface area contributed by atoms with Crippen LogP contribution in [0.1, 0.15) is 52.4 Å². The van der Waals surface area contributed by atoms with Crippen molar-refractivity contribution in [3.05, 3.63) is 34.2 Å². The quantitative estimate of drug-likeness (QED) is 0.299. The van der Waals surface area contributed by atoms with Crippen LogP contribution in [0.5, 0.6) is 0 Å². The molecular weight excluding hydrogens is 380 g/mol. The molecule has 140 valence electrons. The summed E-state index contributed by atoms with van der Waals surface area (Å²) in [6.07, 6.45) is 7.61. The van der Waals surface area contributed by atoms with E-state index in [-0.39, 0.29) is 5.91 Å². The van der Waals surface area contributed by atoms with Crippen LogP contribution >= 0.6 is 35.7 Å². The highest BCUT2D eigenvalue weighted by molar-refractivity contribution is 8.27. The van der Waals surface area contributed by atoms with Crippen LogP contribution in [0.25, 0.3) is 0 Å². The number of benzene rings is 1. The summed E-state index contributed by atoms with van der Waals surface area (Å²) in [6, 6.07) is 8.44. The van der Waals surface area contributed by atoms with E-state index in [0.29, 0.717) is 10.9 Å². The van der Waals surface area contributed by atoms with E-state index < -0.39 is 0 Å². The molecule has 0 aliphatic carbocycles. The molecular formula is C20H26N2OS3. The maximum Gasteiger partial charge on any atom is 0.268 e. The number of rotatable bonds is 8. The van der Waals surface area contributed by atoms with Crippen LogP contribution in [0.3, 0.4) is 0 Å². The van der Waals surface area contributed by atoms with Crippen LogP contribution in [-0.2, 0) is 4.79 Å². The maximum atomic E-state index is 12.8.